The van der Waals surface area contributed by atoms with E-state index in [1.54, 1.807) is 20.8 Å². The van der Waals surface area contributed by atoms with Crippen molar-refractivity contribution < 1.29 is 24.2 Å². The van der Waals surface area contributed by atoms with E-state index in [0.717, 1.165) is 19.3 Å². The minimum absolute atomic E-state index is 0.227. The van der Waals surface area contributed by atoms with Gasteiger partial charge in [0.15, 0.2) is 0 Å². The first-order valence-electron chi connectivity index (χ1n) is 8.08. The van der Waals surface area contributed by atoms with E-state index >= 15 is 0 Å². The van der Waals surface area contributed by atoms with Crippen molar-refractivity contribution in [1.29, 1.82) is 0 Å². The molecule has 1 amide bonds. The number of carboxylic acid groups (broad SMARTS) is 1. The molecule has 6 heteroatoms. The number of unbranched alkanes of at least 4 members (excludes halogenated alkanes) is 3. The Hall–Kier alpha value is -1.30. The lowest BCUT2D eigenvalue weighted by Crippen LogP contribution is -2.43. The quantitative estimate of drug-likeness (QED) is 0.731. The Balaban J connectivity index is 2.50. The van der Waals surface area contributed by atoms with E-state index in [1.165, 1.54) is 11.3 Å². The standard InChI is InChI=1S/C16H29NO5/c1-5-6-7-8-9-21-12-10-13(14(18)19)17(11-12)15(20)22-16(2,3)4/h12-13H,5-11H2,1-4H3,(H,18,19)/t12-,13+/m1/s1. The minimum atomic E-state index is -1.01. The highest BCUT2D eigenvalue weighted by molar-refractivity contribution is 5.81. The van der Waals surface area contributed by atoms with Crippen LogP contribution in [0.3, 0.4) is 0 Å². The zero-order valence-corrected chi connectivity index (χ0v) is 14.1. The van der Waals surface area contributed by atoms with Gasteiger partial charge in [0.25, 0.3) is 0 Å². The third-order valence-corrected chi connectivity index (χ3v) is 3.53. The molecule has 0 saturated carbocycles. The summed E-state index contributed by atoms with van der Waals surface area (Å²) in [7, 11) is 0. The molecule has 1 aliphatic heterocycles. The third kappa shape index (κ3) is 6.22. The van der Waals surface area contributed by atoms with Gasteiger partial charge in [-0.2, -0.15) is 0 Å². The monoisotopic (exact) mass is 315 g/mol. The molecule has 0 aromatic rings. The Labute approximate surface area is 132 Å². The van der Waals surface area contributed by atoms with E-state index in [9.17, 15) is 14.7 Å². The highest BCUT2D eigenvalue weighted by Crippen LogP contribution is 2.23. The fraction of sp³-hybridized carbons (Fsp3) is 0.875. The van der Waals surface area contributed by atoms with Crippen molar-refractivity contribution in [2.24, 2.45) is 0 Å². The van der Waals surface area contributed by atoms with Gasteiger partial charge < -0.3 is 14.6 Å². The highest BCUT2D eigenvalue weighted by Gasteiger charge is 2.41. The molecule has 0 unspecified atom stereocenters. The summed E-state index contributed by atoms with van der Waals surface area (Å²) in [6, 6.07) is -0.865. The molecule has 0 aromatic heterocycles. The van der Waals surface area contributed by atoms with Crippen molar-refractivity contribution >= 4 is 12.1 Å². The topological polar surface area (TPSA) is 76.1 Å². The molecule has 22 heavy (non-hydrogen) atoms. The number of hydrogen-bond donors (Lipinski definition) is 1. The van der Waals surface area contributed by atoms with Gasteiger partial charge in [-0.25, -0.2) is 9.59 Å². The first-order chi connectivity index (χ1) is 10.2. The van der Waals surface area contributed by atoms with Crippen LogP contribution in [0.4, 0.5) is 4.79 Å². The maximum absolute atomic E-state index is 12.1. The predicted molar refractivity (Wildman–Crippen MR) is 82.9 cm³/mol. The lowest BCUT2D eigenvalue weighted by molar-refractivity contribution is -0.142. The van der Waals surface area contributed by atoms with Crippen LogP contribution < -0.4 is 0 Å². The van der Waals surface area contributed by atoms with Crippen molar-refractivity contribution in [1.82, 2.24) is 4.90 Å². The van der Waals surface area contributed by atoms with Crippen molar-refractivity contribution in [2.45, 2.75) is 77.5 Å². The molecule has 0 spiro atoms. The number of aliphatic carboxylic acids is 1. The van der Waals surface area contributed by atoms with Crippen LogP contribution in [0.2, 0.25) is 0 Å². The second-order valence-corrected chi connectivity index (χ2v) is 6.78. The molecule has 1 heterocycles. The first-order valence-corrected chi connectivity index (χ1v) is 8.08. The van der Waals surface area contributed by atoms with E-state index in [1.807, 2.05) is 0 Å². The van der Waals surface area contributed by atoms with Gasteiger partial charge in [-0.05, 0) is 27.2 Å². The van der Waals surface area contributed by atoms with Gasteiger partial charge in [0.2, 0.25) is 0 Å². The lowest BCUT2D eigenvalue weighted by Gasteiger charge is -2.26. The molecule has 6 nitrogen and oxygen atoms in total. The normalized spacial score (nSPS) is 21.9. The van der Waals surface area contributed by atoms with Crippen molar-refractivity contribution in [3.8, 4) is 0 Å². The van der Waals surface area contributed by atoms with Crippen LogP contribution in [0.25, 0.3) is 0 Å². The molecule has 0 radical (unpaired) electrons. The summed E-state index contributed by atoms with van der Waals surface area (Å²) in [4.78, 5) is 24.7. The maximum atomic E-state index is 12.1. The van der Waals surface area contributed by atoms with Crippen molar-refractivity contribution in [2.75, 3.05) is 13.2 Å². The van der Waals surface area contributed by atoms with Gasteiger partial charge in [0.1, 0.15) is 11.6 Å². The van der Waals surface area contributed by atoms with E-state index in [4.69, 9.17) is 9.47 Å². The smallest absolute Gasteiger partial charge is 0.411 e. The largest absolute Gasteiger partial charge is 0.480 e. The Morgan fingerprint density at radius 2 is 1.91 bits per heavy atom. The predicted octanol–water partition coefficient (Wildman–Crippen LogP) is 3.05. The molecule has 1 fully saturated rings. The number of carbonyl (C=O) groups is 2. The molecule has 0 bridgehead atoms. The molecule has 1 aliphatic rings. The summed E-state index contributed by atoms with van der Waals surface area (Å²) in [5.74, 6) is -1.01. The van der Waals surface area contributed by atoms with Crippen LogP contribution in [-0.2, 0) is 14.3 Å². The van der Waals surface area contributed by atoms with E-state index in [0.29, 0.717) is 13.0 Å². The van der Waals surface area contributed by atoms with Crippen LogP contribution in [-0.4, -0.2) is 53.0 Å². The summed E-state index contributed by atoms with van der Waals surface area (Å²) in [6.07, 6.45) is 3.93. The fourth-order valence-electron chi connectivity index (χ4n) is 2.45. The van der Waals surface area contributed by atoms with Gasteiger partial charge in [0, 0.05) is 13.0 Å². The second-order valence-electron chi connectivity index (χ2n) is 6.78. The number of ether oxygens (including phenoxy) is 2. The van der Waals surface area contributed by atoms with Crippen LogP contribution in [0.15, 0.2) is 0 Å². The molecule has 1 saturated heterocycles. The third-order valence-electron chi connectivity index (χ3n) is 3.53. The van der Waals surface area contributed by atoms with Crippen LogP contribution in [0.1, 0.15) is 59.8 Å². The number of nitrogens with zero attached hydrogens (tertiary/aromatic N) is 1. The number of amides is 1. The van der Waals surface area contributed by atoms with Gasteiger partial charge in [-0.3, -0.25) is 4.90 Å². The minimum Gasteiger partial charge on any atom is -0.480 e. The summed E-state index contributed by atoms with van der Waals surface area (Å²) in [5, 5.41) is 9.29. The lowest BCUT2D eigenvalue weighted by atomic mass is 10.2. The zero-order valence-electron chi connectivity index (χ0n) is 14.1. The van der Waals surface area contributed by atoms with Crippen LogP contribution in [0.5, 0.6) is 0 Å². The van der Waals surface area contributed by atoms with E-state index in [-0.39, 0.29) is 12.6 Å². The maximum Gasteiger partial charge on any atom is 0.411 e. The summed E-state index contributed by atoms with van der Waals surface area (Å²) >= 11 is 0. The van der Waals surface area contributed by atoms with E-state index in [2.05, 4.69) is 6.92 Å². The number of rotatable bonds is 7. The molecule has 2 atom stereocenters. The number of carbonyl (C=O) groups excluding carboxylic acids is 1. The van der Waals surface area contributed by atoms with E-state index < -0.39 is 23.7 Å². The molecule has 0 aromatic carbocycles. The zero-order chi connectivity index (χ0) is 16.8. The van der Waals surface area contributed by atoms with Crippen LogP contribution >= 0.6 is 0 Å². The van der Waals surface area contributed by atoms with Gasteiger partial charge >= 0.3 is 12.1 Å². The molecule has 0 aliphatic carbocycles. The highest BCUT2D eigenvalue weighted by atomic mass is 16.6. The Kier molecular flexibility index (Phi) is 7.13. The second kappa shape index (κ2) is 8.36. The first kappa shape index (κ1) is 18.7. The van der Waals surface area contributed by atoms with Gasteiger partial charge in [-0.15, -0.1) is 0 Å². The average molecular weight is 315 g/mol. The molecular formula is C16H29NO5. The summed E-state index contributed by atoms with van der Waals surface area (Å²) < 4.78 is 11.0. The molecular weight excluding hydrogens is 286 g/mol. The summed E-state index contributed by atoms with van der Waals surface area (Å²) in [5.41, 5.74) is -0.640. The molecule has 1 N–H and O–H groups in total. The van der Waals surface area contributed by atoms with Gasteiger partial charge in [0.05, 0.1) is 12.6 Å². The van der Waals surface area contributed by atoms with Crippen molar-refractivity contribution in [3.63, 3.8) is 0 Å². The van der Waals surface area contributed by atoms with Crippen LogP contribution in [0, 0.1) is 0 Å². The van der Waals surface area contributed by atoms with Gasteiger partial charge in [-0.1, -0.05) is 26.2 Å². The van der Waals surface area contributed by atoms with Crippen molar-refractivity contribution in [3.05, 3.63) is 0 Å². The number of hydrogen-bond acceptors (Lipinski definition) is 4. The Morgan fingerprint density at radius 3 is 2.45 bits per heavy atom. The average Bonchev–Trinajstić information content (AvgIpc) is 2.81. The number of likely N-dealkylation sites (tertiary alicyclic amines) is 1. The Morgan fingerprint density at radius 1 is 1.23 bits per heavy atom. The SMILES string of the molecule is CCCCCCO[C@@H]1C[C@@H](C(=O)O)N(C(=O)OC(C)(C)C)C1. The fourth-order valence-corrected chi connectivity index (χ4v) is 2.45. The summed E-state index contributed by atoms with van der Waals surface area (Å²) in [6.45, 7) is 8.32. The Bertz CT molecular complexity index is 377. The number of carboxylic acids is 1. The molecule has 128 valence electrons. The molecule has 1 rings (SSSR count).